The van der Waals surface area contributed by atoms with Gasteiger partial charge in [-0.3, -0.25) is 14.5 Å². The fraction of sp³-hybridized carbons (Fsp3) is 0.879. The van der Waals surface area contributed by atoms with E-state index < -0.39 is 35.7 Å². The molecule has 0 radical (unpaired) electrons. The lowest BCUT2D eigenvalue weighted by atomic mass is 9.44. The average molecular weight is 592 g/mol. The number of rotatable bonds is 10. The Balaban J connectivity index is 1.30. The molecule has 9 nitrogen and oxygen atoms in total. The van der Waals surface area contributed by atoms with Gasteiger partial charge < -0.3 is 19.3 Å². The number of ether oxygens (including phenoxy) is 3. The Hall–Kier alpha value is -2.00. The first kappa shape index (κ1) is 32.9. The first-order valence-electron chi connectivity index (χ1n) is 16.0. The molecule has 0 heterocycles. The van der Waals surface area contributed by atoms with Crippen molar-refractivity contribution < 1.29 is 38.5 Å². The van der Waals surface area contributed by atoms with E-state index in [1.807, 2.05) is 6.92 Å². The maximum atomic E-state index is 12.8. The van der Waals surface area contributed by atoms with E-state index >= 15 is 0 Å². The van der Waals surface area contributed by atoms with E-state index in [-0.39, 0.29) is 29.9 Å². The van der Waals surface area contributed by atoms with Crippen molar-refractivity contribution in [2.24, 2.45) is 40.4 Å². The highest BCUT2D eigenvalue weighted by Gasteiger charge is 2.62. The summed E-state index contributed by atoms with van der Waals surface area (Å²) in [4.78, 5) is 51.7. The molecule has 0 aromatic rings. The van der Waals surface area contributed by atoms with Crippen molar-refractivity contribution in [1.82, 2.24) is 4.90 Å². The third-order valence-electron chi connectivity index (χ3n) is 11.8. The second kappa shape index (κ2) is 12.2. The lowest BCUT2D eigenvalue weighted by Crippen LogP contribution is -2.56. The number of Topliss-reactive ketones (excluding diaryl/α,β-unsaturated/α-hetero) is 1. The quantitative estimate of drug-likeness (QED) is 0.292. The minimum absolute atomic E-state index is 0.0851. The fourth-order valence-corrected chi connectivity index (χ4v) is 9.61. The Morgan fingerprint density at radius 2 is 1.60 bits per heavy atom. The molecule has 0 bridgehead atoms. The van der Waals surface area contributed by atoms with Gasteiger partial charge in [-0.15, -0.1) is 0 Å². The molecular formula is C33H53NO8. The Bertz CT molecular complexity index is 1060. The summed E-state index contributed by atoms with van der Waals surface area (Å²) in [5.41, 5.74) is -1.83. The molecule has 9 heteroatoms. The summed E-state index contributed by atoms with van der Waals surface area (Å²) in [5, 5.41) is 8.98. The monoisotopic (exact) mass is 591 g/mol. The number of nitrogens with zero attached hydrogens (tertiary/aromatic N) is 1. The van der Waals surface area contributed by atoms with Gasteiger partial charge in [-0.05, 0) is 127 Å². The average Bonchev–Trinajstić information content (AvgIpc) is 3.25. The van der Waals surface area contributed by atoms with Gasteiger partial charge >= 0.3 is 17.9 Å². The summed E-state index contributed by atoms with van der Waals surface area (Å²) in [5.74, 6) is 0.959. The summed E-state index contributed by atoms with van der Waals surface area (Å²) >= 11 is 0. The molecule has 4 rings (SSSR count). The number of hydrogen-bond acceptors (Lipinski definition) is 9. The van der Waals surface area contributed by atoms with Crippen molar-refractivity contribution in [2.75, 3.05) is 33.4 Å². The number of likely N-dealkylation sites (N-methyl/N-ethyl adjacent to an activating group) is 1. The van der Waals surface area contributed by atoms with Gasteiger partial charge in [0.2, 0.25) is 5.60 Å². The van der Waals surface area contributed by atoms with Crippen molar-refractivity contribution in [3.8, 4) is 0 Å². The van der Waals surface area contributed by atoms with Crippen molar-refractivity contribution in [3.05, 3.63) is 0 Å². The molecule has 4 saturated carbocycles. The fourth-order valence-electron chi connectivity index (χ4n) is 9.61. The number of esters is 3. The molecule has 0 saturated heterocycles. The smallest absolute Gasteiger partial charge is 0.350 e. The first-order chi connectivity index (χ1) is 19.5. The number of aliphatic hydroxyl groups is 1. The number of aliphatic hydroxyl groups excluding tert-OH is 1. The largest absolute Gasteiger partial charge is 0.457 e. The predicted molar refractivity (Wildman–Crippen MR) is 156 cm³/mol. The van der Waals surface area contributed by atoms with Gasteiger partial charge in [0.15, 0.2) is 6.61 Å². The summed E-state index contributed by atoms with van der Waals surface area (Å²) < 4.78 is 16.5. The van der Waals surface area contributed by atoms with Gasteiger partial charge in [-0.2, -0.15) is 0 Å². The molecule has 238 valence electrons. The lowest BCUT2D eigenvalue weighted by molar-refractivity contribution is -0.191. The molecule has 0 spiro atoms. The third kappa shape index (κ3) is 6.42. The van der Waals surface area contributed by atoms with Crippen molar-refractivity contribution in [1.29, 1.82) is 0 Å². The normalized spacial score (nSPS) is 37.7. The summed E-state index contributed by atoms with van der Waals surface area (Å²) in [7, 11) is 1.66. The molecule has 0 aromatic carbocycles. The number of carbonyl (C=O) groups is 4. The van der Waals surface area contributed by atoms with E-state index in [0.29, 0.717) is 36.0 Å². The van der Waals surface area contributed by atoms with Crippen LogP contribution in [0.3, 0.4) is 0 Å². The minimum atomic E-state index is -1.56. The van der Waals surface area contributed by atoms with Crippen LogP contribution >= 0.6 is 0 Å². The second-order valence-corrected chi connectivity index (χ2v) is 15.1. The van der Waals surface area contributed by atoms with Crippen LogP contribution in [0.2, 0.25) is 0 Å². The Morgan fingerprint density at radius 3 is 2.26 bits per heavy atom. The number of ketones is 1. The van der Waals surface area contributed by atoms with E-state index in [1.54, 1.807) is 18.9 Å². The highest BCUT2D eigenvalue weighted by atomic mass is 16.6. The molecule has 0 aromatic heterocycles. The molecule has 1 N–H and O–H groups in total. The van der Waals surface area contributed by atoms with Crippen molar-refractivity contribution in [2.45, 2.75) is 111 Å². The van der Waals surface area contributed by atoms with Gasteiger partial charge in [-0.1, -0.05) is 13.8 Å². The molecule has 8 atom stereocenters. The molecule has 0 amide bonds. The van der Waals surface area contributed by atoms with Gasteiger partial charge in [0.05, 0.1) is 13.2 Å². The van der Waals surface area contributed by atoms with Crippen LogP contribution in [0.25, 0.3) is 0 Å². The van der Waals surface area contributed by atoms with E-state index in [4.69, 9.17) is 19.3 Å². The SMILES string of the molecule is CC(=O)[C@H]1CC[C@H]2[C@@H]3CC[C@H]4C[C@](C)(OC(=O)COC(=O)C(C)(C)OC(=O)CN(C)CCO)CC[C@]4(C)[C@H]3CCC12C. The molecule has 4 fully saturated rings. The Kier molecular flexibility index (Phi) is 9.54. The van der Waals surface area contributed by atoms with Gasteiger partial charge in [0, 0.05) is 12.5 Å². The molecule has 42 heavy (non-hydrogen) atoms. The zero-order valence-electron chi connectivity index (χ0n) is 26.8. The van der Waals surface area contributed by atoms with Gasteiger partial charge in [0.1, 0.15) is 11.4 Å². The maximum absolute atomic E-state index is 12.8. The summed E-state index contributed by atoms with van der Waals surface area (Å²) in [6, 6.07) is 0. The van der Waals surface area contributed by atoms with Crippen LogP contribution in [0.15, 0.2) is 0 Å². The maximum Gasteiger partial charge on any atom is 0.350 e. The second-order valence-electron chi connectivity index (χ2n) is 15.1. The Labute approximate surface area is 251 Å². The van der Waals surface area contributed by atoms with Gasteiger partial charge in [0.25, 0.3) is 0 Å². The Morgan fingerprint density at radius 1 is 0.905 bits per heavy atom. The van der Waals surface area contributed by atoms with E-state index in [0.717, 1.165) is 38.5 Å². The van der Waals surface area contributed by atoms with Crippen LogP contribution in [-0.2, 0) is 33.4 Å². The topological polar surface area (TPSA) is 119 Å². The highest BCUT2D eigenvalue weighted by Crippen LogP contribution is 2.68. The van der Waals surface area contributed by atoms with Crippen LogP contribution < -0.4 is 0 Å². The van der Waals surface area contributed by atoms with E-state index in [2.05, 4.69) is 13.8 Å². The first-order valence-corrected chi connectivity index (χ1v) is 16.0. The third-order valence-corrected chi connectivity index (χ3v) is 11.8. The highest BCUT2D eigenvalue weighted by molar-refractivity contribution is 5.85. The zero-order valence-corrected chi connectivity index (χ0v) is 26.8. The predicted octanol–water partition coefficient (Wildman–Crippen LogP) is 4.33. The van der Waals surface area contributed by atoms with Gasteiger partial charge in [-0.25, -0.2) is 9.59 Å². The molecule has 0 aliphatic heterocycles. The van der Waals surface area contributed by atoms with Crippen LogP contribution in [0.1, 0.15) is 99.3 Å². The van der Waals surface area contributed by atoms with Crippen LogP contribution in [0.5, 0.6) is 0 Å². The standard InChI is InChI=1S/C33H53NO8/c1-21(36)24-10-11-25-23-9-8-22-18-31(4,14-15-32(22,5)26(23)12-13-33(24,25)6)42-28(38)20-40-29(39)30(2,3)41-27(37)19-34(7)16-17-35/h22-26,35H,8-20H2,1-7H3/t22-,23-,24+,25-,26-,31+,32-,33?/m0/s1. The number of carbonyl (C=O) groups excluding carboxylic acids is 4. The van der Waals surface area contributed by atoms with Crippen molar-refractivity contribution in [3.63, 3.8) is 0 Å². The minimum Gasteiger partial charge on any atom is -0.457 e. The molecule has 4 aliphatic carbocycles. The van der Waals surface area contributed by atoms with Crippen LogP contribution in [0.4, 0.5) is 0 Å². The molecule has 1 unspecified atom stereocenters. The molecule has 4 aliphatic rings. The number of hydrogen-bond donors (Lipinski definition) is 1. The summed E-state index contributed by atoms with van der Waals surface area (Å²) in [6.45, 7) is 11.0. The van der Waals surface area contributed by atoms with E-state index in [1.165, 1.54) is 33.1 Å². The van der Waals surface area contributed by atoms with Crippen LogP contribution in [-0.4, -0.2) is 78.3 Å². The number of fused-ring (bicyclic) bond motifs is 5. The van der Waals surface area contributed by atoms with E-state index in [9.17, 15) is 19.2 Å². The molecular weight excluding hydrogens is 538 g/mol. The van der Waals surface area contributed by atoms with Crippen LogP contribution in [0, 0.1) is 40.4 Å². The summed E-state index contributed by atoms with van der Waals surface area (Å²) in [6.07, 6.45) is 9.39. The zero-order chi connectivity index (χ0) is 31.1. The van der Waals surface area contributed by atoms with Crippen molar-refractivity contribution >= 4 is 23.7 Å². The lowest BCUT2D eigenvalue weighted by Gasteiger charge is -2.62.